The Kier molecular flexibility index (Phi) is 5.50. The highest BCUT2D eigenvalue weighted by Gasteiger charge is 2.15. The van der Waals surface area contributed by atoms with Crippen molar-refractivity contribution in [1.29, 1.82) is 0 Å². The molecule has 0 radical (unpaired) electrons. The van der Waals surface area contributed by atoms with Gasteiger partial charge in [-0.25, -0.2) is 8.42 Å². The summed E-state index contributed by atoms with van der Waals surface area (Å²) in [5.41, 5.74) is 5.19. The fourth-order valence-electron chi connectivity index (χ4n) is 1.15. The van der Waals surface area contributed by atoms with E-state index in [2.05, 4.69) is 0 Å². The van der Waals surface area contributed by atoms with Gasteiger partial charge in [-0.15, -0.1) is 0 Å². The number of hydrogen-bond acceptors (Lipinski definition) is 3. The van der Waals surface area contributed by atoms with Crippen molar-refractivity contribution in [1.82, 2.24) is 0 Å². The Morgan fingerprint density at radius 1 is 1.25 bits per heavy atom. The molecule has 0 aromatic carbocycles. The summed E-state index contributed by atoms with van der Waals surface area (Å²) in [4.78, 5) is 0. The van der Waals surface area contributed by atoms with E-state index in [-0.39, 0.29) is 12.3 Å². The SMILES string of the molecule is CCC(CC)CS(=O)(=O)CCN. The summed E-state index contributed by atoms with van der Waals surface area (Å²) in [5.74, 6) is 0.738. The maximum absolute atomic E-state index is 11.3. The number of hydrogen-bond donors (Lipinski definition) is 1. The van der Waals surface area contributed by atoms with Gasteiger partial charge in [0.1, 0.15) is 0 Å². The highest BCUT2D eigenvalue weighted by atomic mass is 32.2. The van der Waals surface area contributed by atoms with Crippen molar-refractivity contribution in [2.45, 2.75) is 26.7 Å². The Morgan fingerprint density at radius 2 is 1.75 bits per heavy atom. The molecule has 0 unspecified atom stereocenters. The van der Waals surface area contributed by atoms with Gasteiger partial charge < -0.3 is 5.73 Å². The third kappa shape index (κ3) is 4.72. The zero-order valence-electron chi connectivity index (χ0n) is 7.91. The van der Waals surface area contributed by atoms with Gasteiger partial charge >= 0.3 is 0 Å². The average Bonchev–Trinajstić information content (AvgIpc) is 2.00. The maximum atomic E-state index is 11.3. The molecule has 0 atom stereocenters. The van der Waals surface area contributed by atoms with E-state index >= 15 is 0 Å². The standard InChI is InChI=1S/C8H19NO2S/c1-3-8(4-2)7-12(10,11)6-5-9/h8H,3-7,9H2,1-2H3. The fourth-order valence-corrected chi connectivity index (χ4v) is 2.86. The first kappa shape index (κ1) is 11.9. The van der Waals surface area contributed by atoms with Crippen LogP contribution in [0.25, 0.3) is 0 Å². The van der Waals surface area contributed by atoms with Crippen LogP contribution in [0.15, 0.2) is 0 Å². The van der Waals surface area contributed by atoms with Crippen LogP contribution in [0.1, 0.15) is 26.7 Å². The van der Waals surface area contributed by atoms with Crippen molar-refractivity contribution in [3.05, 3.63) is 0 Å². The minimum atomic E-state index is -2.88. The van der Waals surface area contributed by atoms with E-state index in [1.165, 1.54) is 0 Å². The molecule has 0 rings (SSSR count). The summed E-state index contributed by atoms with van der Waals surface area (Å²) in [6, 6.07) is 0. The largest absolute Gasteiger partial charge is 0.329 e. The summed E-state index contributed by atoms with van der Waals surface area (Å²) in [5, 5.41) is 0. The predicted octanol–water partition coefficient (Wildman–Crippen LogP) is 0.796. The zero-order valence-corrected chi connectivity index (χ0v) is 8.73. The van der Waals surface area contributed by atoms with Gasteiger partial charge in [-0.1, -0.05) is 26.7 Å². The smallest absolute Gasteiger partial charge is 0.151 e. The molecular formula is C8H19NO2S. The molecule has 0 fully saturated rings. The summed E-state index contributed by atoms with van der Waals surface area (Å²) in [6.45, 7) is 4.28. The average molecular weight is 193 g/mol. The first-order valence-corrected chi connectivity index (χ1v) is 6.28. The van der Waals surface area contributed by atoms with Crippen molar-refractivity contribution in [3.8, 4) is 0 Å². The first-order valence-electron chi connectivity index (χ1n) is 4.46. The van der Waals surface area contributed by atoms with E-state index < -0.39 is 9.84 Å². The van der Waals surface area contributed by atoms with Crippen molar-refractivity contribution < 1.29 is 8.42 Å². The molecule has 4 heteroatoms. The van der Waals surface area contributed by atoms with Crippen LogP contribution < -0.4 is 5.73 Å². The van der Waals surface area contributed by atoms with Crippen LogP contribution in [0.2, 0.25) is 0 Å². The lowest BCUT2D eigenvalue weighted by atomic mass is 10.1. The topological polar surface area (TPSA) is 60.2 Å². The second-order valence-corrected chi connectivity index (χ2v) is 5.31. The van der Waals surface area contributed by atoms with Crippen molar-refractivity contribution in [2.75, 3.05) is 18.1 Å². The van der Waals surface area contributed by atoms with Gasteiger partial charge in [0.15, 0.2) is 9.84 Å². The molecule has 0 heterocycles. The van der Waals surface area contributed by atoms with Gasteiger partial charge in [-0.2, -0.15) is 0 Å². The summed E-state index contributed by atoms with van der Waals surface area (Å²) in [7, 11) is -2.88. The molecule has 0 amide bonds. The van der Waals surface area contributed by atoms with Crippen LogP contribution in [0.4, 0.5) is 0 Å². The summed E-state index contributed by atoms with van der Waals surface area (Å²) >= 11 is 0. The van der Waals surface area contributed by atoms with E-state index in [0.29, 0.717) is 11.7 Å². The van der Waals surface area contributed by atoms with Crippen molar-refractivity contribution in [3.63, 3.8) is 0 Å². The third-order valence-electron chi connectivity index (χ3n) is 2.07. The number of nitrogens with two attached hydrogens (primary N) is 1. The molecular weight excluding hydrogens is 174 g/mol. The van der Waals surface area contributed by atoms with Gasteiger partial charge in [0.2, 0.25) is 0 Å². The number of sulfone groups is 1. The molecule has 0 bridgehead atoms. The highest BCUT2D eigenvalue weighted by Crippen LogP contribution is 2.10. The highest BCUT2D eigenvalue weighted by molar-refractivity contribution is 7.91. The minimum absolute atomic E-state index is 0.128. The Bertz CT molecular complexity index is 195. The van der Waals surface area contributed by atoms with E-state index in [0.717, 1.165) is 12.8 Å². The van der Waals surface area contributed by atoms with Crippen LogP contribution in [0.3, 0.4) is 0 Å². The lowest BCUT2D eigenvalue weighted by Gasteiger charge is -2.11. The van der Waals surface area contributed by atoms with Crippen LogP contribution in [0.5, 0.6) is 0 Å². The van der Waals surface area contributed by atoms with Gasteiger partial charge in [-0.3, -0.25) is 0 Å². The normalized spacial score (nSPS) is 12.3. The Hall–Kier alpha value is -0.0900. The quantitative estimate of drug-likeness (QED) is 0.678. The summed E-state index contributed by atoms with van der Waals surface area (Å²) < 4.78 is 22.6. The van der Waals surface area contributed by atoms with E-state index in [1.807, 2.05) is 13.8 Å². The van der Waals surface area contributed by atoms with E-state index in [4.69, 9.17) is 5.73 Å². The van der Waals surface area contributed by atoms with Gasteiger partial charge in [0.25, 0.3) is 0 Å². The monoisotopic (exact) mass is 193 g/mol. The third-order valence-corrected chi connectivity index (χ3v) is 3.91. The van der Waals surface area contributed by atoms with Crippen LogP contribution in [0, 0.1) is 5.92 Å². The molecule has 0 aliphatic carbocycles. The number of rotatable bonds is 6. The molecule has 0 aromatic rings. The second kappa shape index (κ2) is 5.54. The molecule has 0 spiro atoms. The van der Waals surface area contributed by atoms with Gasteiger partial charge in [0.05, 0.1) is 11.5 Å². The molecule has 0 saturated carbocycles. The molecule has 0 aromatic heterocycles. The minimum Gasteiger partial charge on any atom is -0.329 e. The molecule has 0 aliphatic rings. The molecule has 0 saturated heterocycles. The van der Waals surface area contributed by atoms with E-state index in [1.54, 1.807) is 0 Å². The van der Waals surface area contributed by atoms with Crippen LogP contribution in [-0.4, -0.2) is 26.5 Å². The van der Waals surface area contributed by atoms with E-state index in [9.17, 15) is 8.42 Å². The molecule has 2 N–H and O–H groups in total. The van der Waals surface area contributed by atoms with Crippen LogP contribution in [-0.2, 0) is 9.84 Å². The lowest BCUT2D eigenvalue weighted by Crippen LogP contribution is -2.22. The molecule has 0 aliphatic heterocycles. The molecule has 3 nitrogen and oxygen atoms in total. The fraction of sp³-hybridized carbons (Fsp3) is 1.00. The lowest BCUT2D eigenvalue weighted by molar-refractivity contribution is 0.523. The predicted molar refractivity (Wildman–Crippen MR) is 51.8 cm³/mol. The van der Waals surface area contributed by atoms with Crippen LogP contribution >= 0.6 is 0 Å². The Labute approximate surface area is 75.3 Å². The first-order chi connectivity index (χ1) is 5.55. The maximum Gasteiger partial charge on any atom is 0.151 e. The van der Waals surface area contributed by atoms with Gasteiger partial charge in [-0.05, 0) is 5.92 Å². The summed E-state index contributed by atoms with van der Waals surface area (Å²) in [6.07, 6.45) is 1.86. The molecule has 74 valence electrons. The second-order valence-electron chi connectivity index (χ2n) is 3.09. The Morgan fingerprint density at radius 3 is 2.08 bits per heavy atom. The molecule has 12 heavy (non-hydrogen) atoms. The van der Waals surface area contributed by atoms with Crippen molar-refractivity contribution >= 4 is 9.84 Å². The Balaban J connectivity index is 4.03. The van der Waals surface area contributed by atoms with Crippen molar-refractivity contribution in [2.24, 2.45) is 11.7 Å². The van der Waals surface area contributed by atoms with Gasteiger partial charge in [0, 0.05) is 6.54 Å². The zero-order chi connectivity index (χ0) is 9.61.